The van der Waals surface area contributed by atoms with Gasteiger partial charge in [0.2, 0.25) is 5.91 Å². The number of carbonyl (C=O) groups is 1. The number of likely N-dealkylation sites (N-methyl/N-ethyl adjacent to an activating group) is 1. The minimum absolute atomic E-state index is 0. The average molecular weight is 528 g/mol. The van der Waals surface area contributed by atoms with Crippen LogP contribution in [-0.4, -0.2) is 56.6 Å². The largest absolute Gasteiger partial charge is 0.489 e. The van der Waals surface area contributed by atoms with Crippen LogP contribution in [0.25, 0.3) is 0 Å². The summed E-state index contributed by atoms with van der Waals surface area (Å²) in [6, 6.07) is 16.0. The van der Waals surface area contributed by atoms with E-state index in [9.17, 15) is 9.18 Å². The molecule has 0 aliphatic heterocycles. The van der Waals surface area contributed by atoms with Gasteiger partial charge in [-0.2, -0.15) is 0 Å². The maximum Gasteiger partial charge on any atom is 0.243 e. The third kappa shape index (κ3) is 9.91. The van der Waals surface area contributed by atoms with Gasteiger partial charge in [0.1, 0.15) is 24.2 Å². The highest BCUT2D eigenvalue weighted by Gasteiger charge is 2.08. The molecule has 0 bridgehead atoms. The van der Waals surface area contributed by atoms with Crippen LogP contribution in [0.4, 0.5) is 4.39 Å². The van der Waals surface area contributed by atoms with E-state index in [4.69, 9.17) is 4.74 Å². The van der Waals surface area contributed by atoms with Gasteiger partial charge >= 0.3 is 0 Å². The molecule has 2 aromatic rings. The first-order valence-electron chi connectivity index (χ1n) is 9.62. The molecule has 8 heteroatoms. The molecule has 30 heavy (non-hydrogen) atoms. The molecule has 0 spiro atoms. The zero-order valence-corrected chi connectivity index (χ0v) is 19.9. The van der Waals surface area contributed by atoms with Crippen LogP contribution in [0.5, 0.6) is 5.75 Å². The van der Waals surface area contributed by atoms with Gasteiger partial charge in [-0.25, -0.2) is 9.38 Å². The molecule has 164 valence electrons. The lowest BCUT2D eigenvalue weighted by atomic mass is 10.1. The number of aliphatic imine (C=N–C) groups is 1. The highest BCUT2D eigenvalue weighted by molar-refractivity contribution is 14.0. The van der Waals surface area contributed by atoms with E-state index in [2.05, 4.69) is 27.8 Å². The summed E-state index contributed by atoms with van der Waals surface area (Å²) in [6.45, 7) is 3.12. The molecule has 6 nitrogen and oxygen atoms in total. The van der Waals surface area contributed by atoms with Crippen molar-refractivity contribution in [2.45, 2.75) is 19.4 Å². The van der Waals surface area contributed by atoms with Crippen molar-refractivity contribution in [1.82, 2.24) is 15.5 Å². The SMILES string of the molecule is CC(CNC(=NCC(=O)N(C)C)NCCc1ccccc1)Oc1ccc(F)cc1.I. The van der Waals surface area contributed by atoms with Crippen LogP contribution in [0.2, 0.25) is 0 Å². The molecule has 1 atom stereocenters. The average Bonchev–Trinajstić information content (AvgIpc) is 2.71. The van der Waals surface area contributed by atoms with Crippen LogP contribution >= 0.6 is 24.0 Å². The third-order valence-corrected chi connectivity index (χ3v) is 4.13. The van der Waals surface area contributed by atoms with Crippen molar-refractivity contribution in [1.29, 1.82) is 0 Å². The van der Waals surface area contributed by atoms with Gasteiger partial charge in [-0.15, -0.1) is 24.0 Å². The van der Waals surface area contributed by atoms with E-state index in [0.717, 1.165) is 6.42 Å². The predicted molar refractivity (Wildman–Crippen MR) is 129 cm³/mol. The molecule has 2 rings (SSSR count). The quantitative estimate of drug-likeness (QED) is 0.299. The Bertz CT molecular complexity index is 785. The number of nitrogens with zero attached hydrogens (tertiary/aromatic N) is 2. The number of carbonyl (C=O) groups excluding carboxylic acids is 1. The Hall–Kier alpha value is -2.36. The first-order chi connectivity index (χ1) is 13.9. The van der Waals surface area contributed by atoms with Gasteiger partial charge in [0.25, 0.3) is 0 Å². The number of guanidine groups is 1. The van der Waals surface area contributed by atoms with E-state index in [1.165, 1.54) is 22.6 Å². The summed E-state index contributed by atoms with van der Waals surface area (Å²) >= 11 is 0. The smallest absolute Gasteiger partial charge is 0.243 e. The van der Waals surface area contributed by atoms with E-state index in [1.807, 2.05) is 25.1 Å². The van der Waals surface area contributed by atoms with Crippen LogP contribution in [0, 0.1) is 5.82 Å². The fourth-order valence-corrected chi connectivity index (χ4v) is 2.46. The molecule has 0 saturated carbocycles. The van der Waals surface area contributed by atoms with Crippen LogP contribution < -0.4 is 15.4 Å². The Kier molecular flexibility index (Phi) is 11.8. The summed E-state index contributed by atoms with van der Waals surface area (Å²) in [5, 5.41) is 6.45. The molecule has 1 unspecified atom stereocenters. The highest BCUT2D eigenvalue weighted by atomic mass is 127. The maximum absolute atomic E-state index is 13.0. The van der Waals surface area contributed by atoms with E-state index in [-0.39, 0.29) is 48.3 Å². The fourth-order valence-electron chi connectivity index (χ4n) is 2.46. The molecule has 2 N–H and O–H groups in total. The first kappa shape index (κ1) is 25.7. The zero-order valence-electron chi connectivity index (χ0n) is 17.6. The predicted octanol–water partition coefficient (Wildman–Crippen LogP) is 3.08. The molecule has 0 aliphatic rings. The number of amides is 1. The van der Waals surface area contributed by atoms with Gasteiger partial charge < -0.3 is 20.3 Å². The minimum Gasteiger partial charge on any atom is -0.489 e. The highest BCUT2D eigenvalue weighted by Crippen LogP contribution is 2.12. The summed E-state index contributed by atoms with van der Waals surface area (Å²) in [5.74, 6) is 0.764. The second-order valence-corrected chi connectivity index (χ2v) is 6.88. The Morgan fingerprint density at radius 1 is 1.10 bits per heavy atom. The molecular formula is C22H30FIN4O2. The molecule has 0 radical (unpaired) electrons. The van der Waals surface area contributed by atoms with Crippen molar-refractivity contribution in [3.05, 3.63) is 66.0 Å². The molecule has 0 aliphatic carbocycles. The van der Waals surface area contributed by atoms with Crippen LogP contribution in [0.15, 0.2) is 59.6 Å². The Balaban J connectivity index is 0.00000450. The number of hydrogen-bond donors (Lipinski definition) is 2. The van der Waals surface area contributed by atoms with Gasteiger partial charge in [0.15, 0.2) is 5.96 Å². The number of hydrogen-bond acceptors (Lipinski definition) is 3. The van der Waals surface area contributed by atoms with Crippen LogP contribution in [-0.2, 0) is 11.2 Å². The van der Waals surface area contributed by atoms with Crippen molar-refractivity contribution in [3.8, 4) is 5.75 Å². The molecule has 0 saturated heterocycles. The molecular weight excluding hydrogens is 498 g/mol. The molecule has 2 aromatic carbocycles. The van der Waals surface area contributed by atoms with Crippen molar-refractivity contribution in [2.24, 2.45) is 4.99 Å². The van der Waals surface area contributed by atoms with Crippen LogP contribution in [0.1, 0.15) is 12.5 Å². The number of nitrogens with one attached hydrogen (secondary N) is 2. The van der Waals surface area contributed by atoms with E-state index < -0.39 is 0 Å². The lowest BCUT2D eigenvalue weighted by molar-refractivity contribution is -0.127. The molecule has 0 heterocycles. The summed E-state index contributed by atoms with van der Waals surface area (Å²) < 4.78 is 18.8. The molecule has 1 amide bonds. The monoisotopic (exact) mass is 528 g/mol. The Morgan fingerprint density at radius 3 is 2.40 bits per heavy atom. The summed E-state index contributed by atoms with van der Waals surface area (Å²) in [4.78, 5) is 17.7. The van der Waals surface area contributed by atoms with Crippen molar-refractivity contribution >= 4 is 35.8 Å². The third-order valence-electron chi connectivity index (χ3n) is 4.13. The van der Waals surface area contributed by atoms with Crippen molar-refractivity contribution in [3.63, 3.8) is 0 Å². The van der Waals surface area contributed by atoms with E-state index in [0.29, 0.717) is 24.8 Å². The summed E-state index contributed by atoms with van der Waals surface area (Å²) in [6.07, 6.45) is 0.663. The Morgan fingerprint density at radius 2 is 1.77 bits per heavy atom. The number of halogens is 2. The summed E-state index contributed by atoms with van der Waals surface area (Å²) in [7, 11) is 3.40. The normalized spacial score (nSPS) is 11.8. The second-order valence-electron chi connectivity index (χ2n) is 6.88. The van der Waals surface area contributed by atoms with E-state index >= 15 is 0 Å². The Labute approximate surface area is 194 Å². The fraction of sp³-hybridized carbons (Fsp3) is 0.364. The second kappa shape index (κ2) is 13.8. The van der Waals surface area contributed by atoms with Crippen molar-refractivity contribution < 1.29 is 13.9 Å². The van der Waals surface area contributed by atoms with Gasteiger partial charge in [-0.05, 0) is 43.2 Å². The molecule has 0 aromatic heterocycles. The minimum atomic E-state index is -0.300. The standard InChI is InChI=1S/C22H29FN4O2.HI/c1-17(29-20-11-9-19(23)10-12-20)15-25-22(26-16-21(28)27(2)3)24-14-13-18-7-5-4-6-8-18;/h4-12,17H,13-16H2,1-3H3,(H2,24,25,26);1H. The van der Waals surface area contributed by atoms with Gasteiger partial charge in [0, 0.05) is 20.6 Å². The number of ether oxygens (including phenoxy) is 1. The zero-order chi connectivity index (χ0) is 21.1. The van der Waals surface area contributed by atoms with Gasteiger partial charge in [-0.1, -0.05) is 30.3 Å². The first-order valence-corrected chi connectivity index (χ1v) is 9.62. The number of benzene rings is 2. The lowest BCUT2D eigenvalue weighted by Crippen LogP contribution is -2.43. The van der Waals surface area contributed by atoms with Gasteiger partial charge in [0.05, 0.1) is 6.54 Å². The maximum atomic E-state index is 13.0. The van der Waals surface area contributed by atoms with Gasteiger partial charge in [-0.3, -0.25) is 4.79 Å². The molecule has 0 fully saturated rings. The van der Waals surface area contributed by atoms with Crippen molar-refractivity contribution in [2.75, 3.05) is 33.7 Å². The van der Waals surface area contributed by atoms with Crippen LogP contribution in [0.3, 0.4) is 0 Å². The summed E-state index contributed by atoms with van der Waals surface area (Å²) in [5.41, 5.74) is 1.22. The lowest BCUT2D eigenvalue weighted by Gasteiger charge is -2.18. The number of rotatable bonds is 9. The topological polar surface area (TPSA) is 66.0 Å². The van der Waals surface area contributed by atoms with E-state index in [1.54, 1.807) is 26.2 Å².